The predicted molar refractivity (Wildman–Crippen MR) is 55.2 cm³/mol. The lowest BCUT2D eigenvalue weighted by molar-refractivity contribution is 0.316. The molecule has 0 radical (unpaired) electrons. The molecule has 2 N–H and O–H groups in total. The van der Waals surface area contributed by atoms with Gasteiger partial charge in [0.2, 0.25) is 0 Å². The number of rotatable bonds is 1. The molecule has 76 valence electrons. The van der Waals surface area contributed by atoms with Crippen molar-refractivity contribution in [2.45, 2.75) is 37.8 Å². The number of hydrogen-bond acceptors (Lipinski definition) is 2. The molecule has 0 amide bonds. The SMILES string of the molecule is NC1(C2CCn3cnc(Cl)c3C2)CC1. The van der Waals surface area contributed by atoms with Crippen molar-refractivity contribution in [3.63, 3.8) is 0 Å². The van der Waals surface area contributed by atoms with Crippen molar-refractivity contribution in [1.82, 2.24) is 9.55 Å². The fraction of sp³-hybridized carbons (Fsp3) is 0.700. The summed E-state index contributed by atoms with van der Waals surface area (Å²) >= 11 is 6.02. The van der Waals surface area contributed by atoms with Gasteiger partial charge in [0.05, 0.1) is 12.0 Å². The topological polar surface area (TPSA) is 43.8 Å². The lowest BCUT2D eigenvalue weighted by atomic mass is 9.87. The Balaban J connectivity index is 1.88. The molecule has 1 aliphatic carbocycles. The third-order valence-corrected chi connectivity index (χ3v) is 4.01. The Morgan fingerprint density at radius 3 is 3.07 bits per heavy atom. The minimum absolute atomic E-state index is 0.124. The van der Waals surface area contributed by atoms with Crippen LogP contribution in [0.5, 0.6) is 0 Å². The van der Waals surface area contributed by atoms with Crippen molar-refractivity contribution in [3.05, 3.63) is 17.2 Å². The second-order valence-electron chi connectivity index (χ2n) is 4.60. The van der Waals surface area contributed by atoms with Crippen LogP contribution in [0.2, 0.25) is 5.15 Å². The summed E-state index contributed by atoms with van der Waals surface area (Å²) in [5.41, 5.74) is 7.53. The Hall–Kier alpha value is -0.540. The van der Waals surface area contributed by atoms with Gasteiger partial charge in [0.15, 0.2) is 0 Å². The number of halogens is 1. The van der Waals surface area contributed by atoms with Gasteiger partial charge in [0.25, 0.3) is 0 Å². The van der Waals surface area contributed by atoms with E-state index in [0.29, 0.717) is 11.1 Å². The van der Waals surface area contributed by atoms with Crippen LogP contribution in [0, 0.1) is 5.92 Å². The van der Waals surface area contributed by atoms with E-state index in [2.05, 4.69) is 9.55 Å². The van der Waals surface area contributed by atoms with E-state index in [1.54, 1.807) is 0 Å². The van der Waals surface area contributed by atoms with Crippen molar-refractivity contribution in [2.75, 3.05) is 0 Å². The van der Waals surface area contributed by atoms with Gasteiger partial charge in [-0.3, -0.25) is 0 Å². The van der Waals surface area contributed by atoms with Crippen LogP contribution in [-0.4, -0.2) is 15.1 Å². The summed E-state index contributed by atoms with van der Waals surface area (Å²) in [6.45, 7) is 1.03. The van der Waals surface area contributed by atoms with E-state index < -0.39 is 0 Å². The molecule has 0 spiro atoms. The molecule has 0 saturated heterocycles. The second-order valence-corrected chi connectivity index (χ2v) is 4.96. The molecular formula is C10H14ClN3. The molecule has 0 bridgehead atoms. The summed E-state index contributed by atoms with van der Waals surface area (Å²) in [7, 11) is 0. The first-order chi connectivity index (χ1) is 6.69. The lowest BCUT2D eigenvalue weighted by Crippen LogP contribution is -2.37. The summed E-state index contributed by atoms with van der Waals surface area (Å²) in [6.07, 6.45) is 6.39. The van der Waals surface area contributed by atoms with E-state index in [1.807, 2.05) is 6.33 Å². The van der Waals surface area contributed by atoms with Gasteiger partial charge >= 0.3 is 0 Å². The number of aryl methyl sites for hydroxylation is 1. The van der Waals surface area contributed by atoms with Gasteiger partial charge in [-0.15, -0.1) is 0 Å². The number of nitrogens with zero attached hydrogens (tertiary/aromatic N) is 2. The van der Waals surface area contributed by atoms with Crippen molar-refractivity contribution < 1.29 is 0 Å². The highest BCUT2D eigenvalue weighted by atomic mass is 35.5. The molecule has 14 heavy (non-hydrogen) atoms. The van der Waals surface area contributed by atoms with Gasteiger partial charge in [0.1, 0.15) is 5.15 Å². The van der Waals surface area contributed by atoms with Gasteiger partial charge in [-0.1, -0.05) is 11.6 Å². The van der Waals surface area contributed by atoms with E-state index in [0.717, 1.165) is 13.0 Å². The first kappa shape index (κ1) is 8.74. The zero-order valence-corrected chi connectivity index (χ0v) is 8.80. The highest BCUT2D eigenvalue weighted by molar-refractivity contribution is 6.30. The molecular weight excluding hydrogens is 198 g/mol. The number of nitrogens with two attached hydrogens (primary N) is 1. The maximum atomic E-state index is 6.22. The van der Waals surface area contributed by atoms with Crippen molar-refractivity contribution in [2.24, 2.45) is 11.7 Å². The molecule has 1 atom stereocenters. The van der Waals surface area contributed by atoms with E-state index in [9.17, 15) is 0 Å². The van der Waals surface area contributed by atoms with Gasteiger partial charge in [-0.05, 0) is 31.6 Å². The summed E-state index contributed by atoms with van der Waals surface area (Å²) in [6, 6.07) is 0. The number of imidazole rings is 1. The predicted octanol–water partition coefficient (Wildman–Crippen LogP) is 1.59. The third-order valence-electron chi connectivity index (χ3n) is 3.69. The quantitative estimate of drug-likeness (QED) is 0.767. The van der Waals surface area contributed by atoms with Crippen LogP contribution >= 0.6 is 11.6 Å². The van der Waals surface area contributed by atoms with Crippen LogP contribution in [0.25, 0.3) is 0 Å². The molecule has 1 aromatic rings. The van der Waals surface area contributed by atoms with Crippen molar-refractivity contribution in [1.29, 1.82) is 0 Å². The lowest BCUT2D eigenvalue weighted by Gasteiger charge is -2.28. The van der Waals surface area contributed by atoms with Gasteiger partial charge in [0, 0.05) is 12.1 Å². The second kappa shape index (κ2) is 2.74. The Labute approximate surface area is 88.3 Å². The molecule has 3 rings (SSSR count). The summed E-state index contributed by atoms with van der Waals surface area (Å²) in [5.74, 6) is 0.615. The van der Waals surface area contributed by atoms with Gasteiger partial charge < -0.3 is 10.3 Å². The average molecular weight is 212 g/mol. The number of hydrogen-bond donors (Lipinski definition) is 1. The number of aromatic nitrogens is 2. The summed E-state index contributed by atoms with van der Waals surface area (Å²) in [4.78, 5) is 4.12. The molecule has 1 aromatic heterocycles. The smallest absolute Gasteiger partial charge is 0.150 e. The van der Waals surface area contributed by atoms with Gasteiger partial charge in [-0.2, -0.15) is 0 Å². The molecule has 3 nitrogen and oxygen atoms in total. The standard InChI is InChI=1S/C10H14ClN3/c11-9-8-5-7(10(12)2-3-10)1-4-14(8)6-13-9/h6-7H,1-5,12H2. The van der Waals surface area contributed by atoms with Gasteiger partial charge in [-0.25, -0.2) is 4.98 Å². The Kier molecular flexibility index (Phi) is 1.71. The molecule has 1 fully saturated rings. The summed E-state index contributed by atoms with van der Waals surface area (Å²) in [5, 5.41) is 0.666. The molecule has 2 heterocycles. The van der Waals surface area contributed by atoms with Crippen LogP contribution < -0.4 is 5.73 Å². The molecule has 0 aromatic carbocycles. The van der Waals surface area contributed by atoms with Crippen LogP contribution in [0.3, 0.4) is 0 Å². The average Bonchev–Trinajstić information content (AvgIpc) is 2.84. The van der Waals surface area contributed by atoms with E-state index >= 15 is 0 Å². The zero-order chi connectivity index (χ0) is 9.76. The highest BCUT2D eigenvalue weighted by Gasteiger charge is 2.46. The van der Waals surface area contributed by atoms with Crippen LogP contribution in [0.15, 0.2) is 6.33 Å². The van der Waals surface area contributed by atoms with E-state index in [-0.39, 0.29) is 5.54 Å². The fourth-order valence-electron chi connectivity index (χ4n) is 2.45. The number of fused-ring (bicyclic) bond motifs is 1. The third kappa shape index (κ3) is 1.19. The Morgan fingerprint density at radius 1 is 1.57 bits per heavy atom. The van der Waals surface area contributed by atoms with Crippen molar-refractivity contribution in [3.8, 4) is 0 Å². The normalized spacial score (nSPS) is 28.6. The minimum atomic E-state index is 0.124. The molecule has 4 heteroatoms. The van der Waals surface area contributed by atoms with Crippen molar-refractivity contribution >= 4 is 11.6 Å². The van der Waals surface area contributed by atoms with Crippen LogP contribution in [0.1, 0.15) is 25.0 Å². The maximum absolute atomic E-state index is 6.22. The van der Waals surface area contributed by atoms with Crippen LogP contribution in [0.4, 0.5) is 0 Å². The minimum Gasteiger partial charge on any atom is -0.333 e. The molecule has 1 saturated carbocycles. The monoisotopic (exact) mass is 211 g/mol. The molecule has 1 unspecified atom stereocenters. The van der Waals surface area contributed by atoms with Crippen LogP contribution in [-0.2, 0) is 13.0 Å². The first-order valence-corrected chi connectivity index (χ1v) is 5.55. The molecule has 1 aliphatic heterocycles. The molecule has 2 aliphatic rings. The highest BCUT2D eigenvalue weighted by Crippen LogP contribution is 2.44. The Bertz CT molecular complexity index is 367. The fourth-order valence-corrected chi connectivity index (χ4v) is 2.68. The van der Waals surface area contributed by atoms with E-state index in [4.69, 9.17) is 17.3 Å². The van der Waals surface area contributed by atoms with E-state index in [1.165, 1.54) is 25.0 Å². The zero-order valence-electron chi connectivity index (χ0n) is 8.04. The Morgan fingerprint density at radius 2 is 2.36 bits per heavy atom. The summed E-state index contributed by atoms with van der Waals surface area (Å²) < 4.78 is 2.16. The largest absolute Gasteiger partial charge is 0.333 e. The maximum Gasteiger partial charge on any atom is 0.150 e. The first-order valence-electron chi connectivity index (χ1n) is 5.17.